The highest BCUT2D eigenvalue weighted by atomic mass is 28.4. The first-order valence-corrected chi connectivity index (χ1v) is 14.8. The summed E-state index contributed by atoms with van der Waals surface area (Å²) in [7, 11) is -3.05. The van der Waals surface area contributed by atoms with Crippen molar-refractivity contribution in [2.45, 2.75) is 89.8 Å². The van der Waals surface area contributed by atoms with E-state index in [1.54, 1.807) is 0 Å². The number of carbonyl (C=O) groups is 2. The second kappa shape index (κ2) is 10.1. The molecule has 0 N–H and O–H groups in total. The third-order valence-electron chi connectivity index (χ3n) is 7.16. The van der Waals surface area contributed by atoms with E-state index < -0.39 is 50.1 Å². The van der Waals surface area contributed by atoms with Gasteiger partial charge in [-0.3, -0.25) is 9.59 Å². The monoisotopic (exact) mass is 538 g/mol. The van der Waals surface area contributed by atoms with Gasteiger partial charge in [0.1, 0.15) is 12.2 Å². The number of esters is 2. The minimum atomic E-state index is -3.05. The van der Waals surface area contributed by atoms with E-state index in [-0.39, 0.29) is 11.5 Å². The molecular weight excluding hydrogens is 500 g/mol. The molecule has 1 aliphatic carbocycles. The van der Waals surface area contributed by atoms with Gasteiger partial charge in [0.15, 0.2) is 5.79 Å². The summed E-state index contributed by atoms with van der Waals surface area (Å²) in [4.78, 5) is 24.6. The molecular formula is C30H38O7Si. The average Bonchev–Trinajstić information content (AvgIpc) is 3.16. The van der Waals surface area contributed by atoms with Gasteiger partial charge in [-0.25, -0.2) is 0 Å². The van der Waals surface area contributed by atoms with Crippen LogP contribution in [-0.2, 0) is 33.0 Å². The van der Waals surface area contributed by atoms with Gasteiger partial charge in [-0.1, -0.05) is 88.0 Å². The Hall–Kier alpha value is -2.78. The van der Waals surface area contributed by atoms with Crippen LogP contribution in [0.2, 0.25) is 5.04 Å². The quantitative estimate of drug-likeness (QED) is 0.236. The Kier molecular flexibility index (Phi) is 7.48. The Morgan fingerprint density at radius 2 is 1.37 bits per heavy atom. The number of hydrogen-bond acceptors (Lipinski definition) is 7. The van der Waals surface area contributed by atoms with Crippen molar-refractivity contribution in [1.82, 2.24) is 0 Å². The molecule has 1 heterocycles. The predicted molar refractivity (Wildman–Crippen MR) is 146 cm³/mol. The van der Waals surface area contributed by atoms with Crippen molar-refractivity contribution in [2.24, 2.45) is 0 Å². The van der Waals surface area contributed by atoms with Crippen molar-refractivity contribution in [2.75, 3.05) is 0 Å². The van der Waals surface area contributed by atoms with Gasteiger partial charge in [0.05, 0.1) is 12.5 Å². The van der Waals surface area contributed by atoms with E-state index in [1.165, 1.54) is 13.8 Å². The topological polar surface area (TPSA) is 80.3 Å². The highest BCUT2D eigenvalue weighted by Crippen LogP contribution is 2.49. The van der Waals surface area contributed by atoms with E-state index in [9.17, 15) is 9.59 Å². The smallest absolute Gasteiger partial charge is 0.306 e. The molecule has 4 rings (SSSR count). The number of fused-ring (bicyclic) bond motifs is 1. The van der Waals surface area contributed by atoms with Crippen LogP contribution in [0.3, 0.4) is 0 Å². The summed E-state index contributed by atoms with van der Waals surface area (Å²) >= 11 is 0. The van der Waals surface area contributed by atoms with E-state index in [0.29, 0.717) is 5.57 Å². The van der Waals surface area contributed by atoms with E-state index >= 15 is 0 Å². The van der Waals surface area contributed by atoms with E-state index in [4.69, 9.17) is 23.4 Å². The van der Waals surface area contributed by atoms with Gasteiger partial charge in [-0.15, -0.1) is 0 Å². The minimum Gasteiger partial charge on any atom is -0.418 e. The lowest BCUT2D eigenvalue weighted by atomic mass is 9.83. The first-order valence-electron chi connectivity index (χ1n) is 12.9. The van der Waals surface area contributed by atoms with Crippen molar-refractivity contribution >= 4 is 30.6 Å². The molecule has 0 amide bonds. The highest BCUT2D eigenvalue weighted by Gasteiger charge is 2.63. The zero-order valence-corrected chi connectivity index (χ0v) is 24.3. The maximum Gasteiger partial charge on any atom is 0.306 e. The Labute approximate surface area is 226 Å². The van der Waals surface area contributed by atoms with Crippen LogP contribution in [0.15, 0.2) is 72.8 Å². The number of benzene rings is 2. The summed E-state index contributed by atoms with van der Waals surface area (Å²) in [5.41, 5.74) is 0.320. The molecule has 0 radical (unpaired) electrons. The van der Waals surface area contributed by atoms with E-state index in [1.807, 2.05) is 50.2 Å². The fourth-order valence-corrected chi connectivity index (χ4v) is 10.5. The molecule has 1 aliphatic heterocycles. The largest absolute Gasteiger partial charge is 0.418 e. The second-order valence-electron chi connectivity index (χ2n) is 11.5. The highest BCUT2D eigenvalue weighted by molar-refractivity contribution is 6.99. The SMILES string of the molecule is C=C1C2OC(C)(C)OC2C(O[Si](c2ccccc2)(c2ccccc2)C(C)(C)C)CC1(OC(C)=O)OC(C)=O. The molecule has 1 saturated carbocycles. The van der Waals surface area contributed by atoms with Crippen molar-refractivity contribution in [3.8, 4) is 0 Å². The maximum absolute atomic E-state index is 12.3. The molecule has 204 valence electrons. The van der Waals surface area contributed by atoms with Gasteiger partial charge in [0.25, 0.3) is 14.1 Å². The Balaban J connectivity index is 1.92. The third kappa shape index (κ3) is 5.10. The first-order chi connectivity index (χ1) is 17.7. The van der Waals surface area contributed by atoms with Gasteiger partial charge in [-0.2, -0.15) is 0 Å². The maximum atomic E-state index is 12.3. The summed E-state index contributed by atoms with van der Waals surface area (Å²) in [6, 6.07) is 20.4. The van der Waals surface area contributed by atoms with Gasteiger partial charge in [0.2, 0.25) is 0 Å². The molecule has 2 aromatic carbocycles. The van der Waals surface area contributed by atoms with Crippen molar-refractivity contribution < 1.29 is 33.0 Å². The van der Waals surface area contributed by atoms with E-state index in [0.717, 1.165) is 10.4 Å². The molecule has 8 heteroatoms. The Morgan fingerprint density at radius 1 is 0.895 bits per heavy atom. The summed E-state index contributed by atoms with van der Waals surface area (Å²) in [5.74, 6) is -3.91. The normalized spacial score (nSPS) is 24.4. The molecule has 1 saturated heterocycles. The number of carbonyl (C=O) groups excluding carboxylic acids is 2. The zero-order chi connectivity index (χ0) is 27.9. The fraction of sp³-hybridized carbons (Fsp3) is 0.467. The fourth-order valence-electron chi connectivity index (χ4n) is 5.79. The third-order valence-corrected chi connectivity index (χ3v) is 12.2. The van der Waals surface area contributed by atoms with Crippen LogP contribution < -0.4 is 10.4 Å². The number of ether oxygens (including phenoxy) is 4. The van der Waals surface area contributed by atoms with Crippen LogP contribution in [0.25, 0.3) is 0 Å². The predicted octanol–water partition coefficient (Wildman–Crippen LogP) is 4.23. The molecule has 3 atom stereocenters. The summed E-state index contributed by atoms with van der Waals surface area (Å²) in [6.07, 6.45) is -1.91. The van der Waals surface area contributed by atoms with Crippen molar-refractivity contribution in [3.05, 3.63) is 72.8 Å². The Bertz CT molecular complexity index is 1130. The van der Waals surface area contributed by atoms with Gasteiger partial charge in [-0.05, 0) is 29.3 Å². The summed E-state index contributed by atoms with van der Waals surface area (Å²) in [5, 5.41) is 1.85. The molecule has 0 bridgehead atoms. The van der Waals surface area contributed by atoms with E-state index in [2.05, 4.69) is 51.6 Å². The molecule has 38 heavy (non-hydrogen) atoms. The average molecular weight is 539 g/mol. The summed E-state index contributed by atoms with van der Waals surface area (Å²) < 4.78 is 31.5. The summed E-state index contributed by atoms with van der Waals surface area (Å²) in [6.45, 7) is 16.9. The molecule has 0 spiro atoms. The van der Waals surface area contributed by atoms with Crippen LogP contribution in [0, 0.1) is 0 Å². The lowest BCUT2D eigenvalue weighted by molar-refractivity contribution is -0.233. The first kappa shape index (κ1) is 28.2. The van der Waals surface area contributed by atoms with Gasteiger partial charge < -0.3 is 23.4 Å². The molecule has 2 aromatic rings. The van der Waals surface area contributed by atoms with Crippen LogP contribution in [-0.4, -0.2) is 50.1 Å². The van der Waals surface area contributed by atoms with Gasteiger partial charge in [0, 0.05) is 19.4 Å². The lowest BCUT2D eigenvalue weighted by Crippen LogP contribution is -2.70. The zero-order valence-electron chi connectivity index (χ0n) is 23.3. The molecule has 2 fully saturated rings. The standard InChI is InChI=1S/C30H38O7Si/c1-20-26-27(36-29(7,8)35-26)25(19-30(20,33-21(2)31)34-22(3)32)37-38(28(4,5)6,23-15-11-9-12-16-23)24-17-13-10-14-18-24/h9-18,25-27H,1,19H2,2-8H3. The van der Waals surface area contributed by atoms with Crippen LogP contribution in [0.5, 0.6) is 0 Å². The molecule has 0 aromatic heterocycles. The van der Waals surface area contributed by atoms with Crippen molar-refractivity contribution in [1.29, 1.82) is 0 Å². The lowest BCUT2D eigenvalue weighted by Gasteiger charge is -2.50. The van der Waals surface area contributed by atoms with Crippen LogP contribution in [0.1, 0.15) is 54.9 Å². The number of hydrogen-bond donors (Lipinski definition) is 0. The van der Waals surface area contributed by atoms with Gasteiger partial charge >= 0.3 is 11.9 Å². The Morgan fingerprint density at radius 3 is 1.79 bits per heavy atom. The van der Waals surface area contributed by atoms with Crippen LogP contribution >= 0.6 is 0 Å². The molecule has 3 unspecified atom stereocenters. The second-order valence-corrected chi connectivity index (χ2v) is 15.8. The van der Waals surface area contributed by atoms with Crippen LogP contribution in [0.4, 0.5) is 0 Å². The minimum absolute atomic E-state index is 0.0239. The number of rotatable bonds is 6. The molecule has 2 aliphatic rings. The molecule has 7 nitrogen and oxygen atoms in total. The van der Waals surface area contributed by atoms with Crippen molar-refractivity contribution in [3.63, 3.8) is 0 Å².